The van der Waals surface area contributed by atoms with E-state index in [0.717, 1.165) is 11.0 Å². The van der Waals surface area contributed by atoms with Gasteiger partial charge in [-0.05, 0) is 61.6 Å². The largest absolute Gasteiger partial charge is 0.310 e. The molecule has 2 aromatic rings. The highest BCUT2D eigenvalue weighted by atomic mass is 32.1. The molecule has 0 saturated carbocycles. The van der Waals surface area contributed by atoms with Gasteiger partial charge >= 0.3 is 0 Å². The van der Waals surface area contributed by atoms with Crippen molar-refractivity contribution in [2.75, 3.05) is 0 Å². The van der Waals surface area contributed by atoms with Crippen molar-refractivity contribution in [1.82, 2.24) is 0 Å². The Kier molecular flexibility index (Phi) is 4.33. The van der Waals surface area contributed by atoms with Crippen LogP contribution >= 0.6 is 11.3 Å². The third-order valence-corrected chi connectivity index (χ3v) is 4.48. The van der Waals surface area contributed by atoms with Gasteiger partial charge in [0, 0.05) is 15.8 Å². The summed E-state index contributed by atoms with van der Waals surface area (Å²) in [4.78, 5) is 5.37. The molecule has 1 atom stereocenters. The highest BCUT2D eigenvalue weighted by Crippen LogP contribution is 2.35. The van der Waals surface area contributed by atoms with Crippen LogP contribution in [0, 0.1) is 18.3 Å². The van der Waals surface area contributed by atoms with Gasteiger partial charge in [0.25, 0.3) is 0 Å². The lowest BCUT2D eigenvalue weighted by Gasteiger charge is -1.98. The average Bonchev–Trinajstić information content (AvgIpc) is 2.75. The van der Waals surface area contributed by atoms with Crippen LogP contribution < -0.4 is 5.73 Å². The maximum Gasteiger partial charge on any atom is 0.0991 e. The van der Waals surface area contributed by atoms with Crippen LogP contribution in [0.3, 0.4) is 0 Å². The summed E-state index contributed by atoms with van der Waals surface area (Å²) in [5, 5.41) is 10.1. The van der Waals surface area contributed by atoms with Gasteiger partial charge in [-0.25, -0.2) is 0 Å². The summed E-state index contributed by atoms with van der Waals surface area (Å²) < 4.78 is 1.20. The number of allylic oxidation sites excluding steroid dienone is 2. The maximum absolute atomic E-state index is 8.98. The van der Waals surface area contributed by atoms with E-state index in [0.29, 0.717) is 5.56 Å². The Morgan fingerprint density at radius 2 is 2.25 bits per heavy atom. The minimum absolute atomic E-state index is 0.180. The fourth-order valence-electron chi connectivity index (χ4n) is 2.03. The van der Waals surface area contributed by atoms with Crippen molar-refractivity contribution in [3.63, 3.8) is 0 Å². The summed E-state index contributed by atoms with van der Waals surface area (Å²) in [5.74, 6) is 0. The number of hydrogen-bond donors (Lipinski definition) is 1. The Balaban J connectivity index is 2.45. The zero-order chi connectivity index (χ0) is 14.7. The molecule has 1 aromatic carbocycles. The molecule has 0 amide bonds. The van der Waals surface area contributed by atoms with Gasteiger partial charge in [-0.1, -0.05) is 0 Å². The number of fused-ring (bicyclic) bond motifs is 1. The number of aliphatic imine (C=N–C) groups is 1. The van der Waals surface area contributed by atoms with E-state index in [1.165, 1.54) is 15.1 Å². The third-order valence-electron chi connectivity index (χ3n) is 3.07. The molecule has 3 nitrogen and oxygen atoms in total. The zero-order valence-corrected chi connectivity index (χ0v) is 12.7. The molecule has 0 radical (unpaired) electrons. The lowest BCUT2D eigenvalue weighted by molar-refractivity contribution is 0.797. The van der Waals surface area contributed by atoms with Crippen molar-refractivity contribution in [3.8, 4) is 6.07 Å². The fourth-order valence-corrected chi connectivity index (χ4v) is 3.20. The molecular formula is C16H17N3S. The van der Waals surface area contributed by atoms with Crippen molar-refractivity contribution < 1.29 is 0 Å². The first kappa shape index (κ1) is 14.4. The van der Waals surface area contributed by atoms with Crippen LogP contribution in [0.4, 0.5) is 0 Å². The summed E-state index contributed by atoms with van der Waals surface area (Å²) in [6, 6.07) is 8.01. The molecule has 0 bridgehead atoms. The van der Waals surface area contributed by atoms with Gasteiger partial charge in [0.05, 0.1) is 17.8 Å². The lowest BCUT2D eigenvalue weighted by Crippen LogP contribution is -2.10. The molecule has 0 spiro atoms. The number of aryl methyl sites for hydroxylation is 1. The van der Waals surface area contributed by atoms with E-state index in [2.05, 4.69) is 24.9 Å². The van der Waals surface area contributed by atoms with Crippen LogP contribution in [0.5, 0.6) is 0 Å². The monoisotopic (exact) mass is 283 g/mol. The van der Waals surface area contributed by atoms with Crippen molar-refractivity contribution in [2.45, 2.75) is 26.9 Å². The molecule has 20 heavy (non-hydrogen) atoms. The minimum atomic E-state index is -0.180. The number of rotatable bonds is 3. The Morgan fingerprint density at radius 1 is 1.50 bits per heavy atom. The van der Waals surface area contributed by atoms with E-state index in [4.69, 9.17) is 11.0 Å². The average molecular weight is 283 g/mol. The molecule has 1 unspecified atom stereocenters. The molecule has 1 aromatic heterocycles. The summed E-state index contributed by atoms with van der Waals surface area (Å²) in [5.41, 5.74) is 8.66. The van der Waals surface area contributed by atoms with Crippen molar-refractivity contribution in [1.29, 1.82) is 5.26 Å². The normalized spacial score (nSPS) is 13.8. The van der Waals surface area contributed by atoms with E-state index in [1.807, 2.05) is 31.2 Å². The maximum atomic E-state index is 8.98. The van der Waals surface area contributed by atoms with Crippen LogP contribution in [0.15, 0.2) is 29.3 Å². The SMILES string of the molecule is C/C(=C\C=N/C(C)N)c1sc2ccc(C#N)cc2c1C. The van der Waals surface area contributed by atoms with E-state index in [-0.39, 0.29) is 6.17 Å². The standard InChI is InChI=1S/C16H17N3S/c1-10(6-7-19-12(3)18)16-11(2)14-8-13(9-17)4-5-15(14)20-16/h4-8,12H,18H2,1-3H3/b10-6+,19-7-. The van der Waals surface area contributed by atoms with Crippen LogP contribution in [0.1, 0.15) is 29.9 Å². The first-order chi connectivity index (χ1) is 9.52. The summed E-state index contributed by atoms with van der Waals surface area (Å²) in [7, 11) is 0. The van der Waals surface area contributed by atoms with Gasteiger partial charge in [-0.15, -0.1) is 11.3 Å². The Hall–Kier alpha value is -1.96. The minimum Gasteiger partial charge on any atom is -0.310 e. The molecular weight excluding hydrogens is 266 g/mol. The highest BCUT2D eigenvalue weighted by Gasteiger charge is 2.10. The van der Waals surface area contributed by atoms with Crippen LogP contribution in [0.2, 0.25) is 0 Å². The molecule has 4 heteroatoms. The summed E-state index contributed by atoms with van der Waals surface area (Å²) in [6.45, 7) is 6.00. The van der Waals surface area contributed by atoms with E-state index >= 15 is 0 Å². The number of nitriles is 1. The molecule has 0 aliphatic rings. The second kappa shape index (κ2) is 6.00. The van der Waals surface area contributed by atoms with Crippen LogP contribution in [-0.4, -0.2) is 12.4 Å². The third kappa shape index (κ3) is 2.96. The van der Waals surface area contributed by atoms with Crippen molar-refractivity contribution in [3.05, 3.63) is 40.3 Å². The Bertz CT molecular complexity index is 730. The highest BCUT2D eigenvalue weighted by molar-refractivity contribution is 7.20. The topological polar surface area (TPSA) is 62.2 Å². The van der Waals surface area contributed by atoms with Crippen molar-refractivity contribution in [2.24, 2.45) is 10.7 Å². The van der Waals surface area contributed by atoms with Gasteiger partial charge < -0.3 is 5.73 Å². The van der Waals surface area contributed by atoms with Crippen molar-refractivity contribution >= 4 is 33.2 Å². The summed E-state index contributed by atoms with van der Waals surface area (Å²) >= 11 is 1.74. The van der Waals surface area contributed by atoms with Crippen LogP contribution in [-0.2, 0) is 0 Å². The fraction of sp³-hybridized carbons (Fsp3) is 0.250. The van der Waals surface area contributed by atoms with Gasteiger partial charge in [0.15, 0.2) is 0 Å². The van der Waals surface area contributed by atoms with Gasteiger partial charge in [-0.3, -0.25) is 4.99 Å². The van der Waals surface area contributed by atoms with E-state index < -0.39 is 0 Å². The number of nitrogens with zero attached hydrogens (tertiary/aromatic N) is 2. The molecule has 1 heterocycles. The molecule has 0 aliphatic heterocycles. The predicted octanol–water partition coefficient (Wildman–Crippen LogP) is 3.86. The molecule has 2 rings (SSSR count). The number of nitrogens with two attached hydrogens (primary N) is 1. The molecule has 102 valence electrons. The Morgan fingerprint density at radius 3 is 2.90 bits per heavy atom. The van der Waals surface area contributed by atoms with Crippen LogP contribution in [0.25, 0.3) is 15.7 Å². The van der Waals surface area contributed by atoms with Gasteiger partial charge in [0.2, 0.25) is 0 Å². The number of benzene rings is 1. The summed E-state index contributed by atoms with van der Waals surface area (Å²) in [6.07, 6.45) is 3.55. The molecule has 0 saturated heterocycles. The quantitative estimate of drug-likeness (QED) is 0.869. The predicted molar refractivity (Wildman–Crippen MR) is 87.1 cm³/mol. The second-order valence-electron chi connectivity index (χ2n) is 4.77. The molecule has 0 aliphatic carbocycles. The molecule has 0 fully saturated rings. The van der Waals surface area contributed by atoms with Gasteiger partial charge in [-0.2, -0.15) is 5.26 Å². The number of hydrogen-bond acceptors (Lipinski definition) is 4. The number of thiophene rings is 1. The molecule has 2 N–H and O–H groups in total. The van der Waals surface area contributed by atoms with E-state index in [9.17, 15) is 0 Å². The second-order valence-corrected chi connectivity index (χ2v) is 5.82. The van der Waals surface area contributed by atoms with Gasteiger partial charge in [0.1, 0.15) is 0 Å². The lowest BCUT2D eigenvalue weighted by atomic mass is 10.1. The zero-order valence-electron chi connectivity index (χ0n) is 11.8. The Labute approximate surface area is 123 Å². The first-order valence-corrected chi connectivity index (χ1v) is 7.24. The van der Waals surface area contributed by atoms with E-state index in [1.54, 1.807) is 17.6 Å². The smallest absolute Gasteiger partial charge is 0.0991 e. The first-order valence-electron chi connectivity index (χ1n) is 6.42.